The molecule has 1 saturated heterocycles. The lowest BCUT2D eigenvalue weighted by molar-refractivity contribution is -0.137. The Bertz CT molecular complexity index is 230. The van der Waals surface area contributed by atoms with Crippen molar-refractivity contribution in [2.75, 3.05) is 20.1 Å². The molecule has 1 heterocycles. The number of piperidine rings is 1. The van der Waals surface area contributed by atoms with E-state index in [-0.39, 0.29) is 18.4 Å². The Kier molecular flexibility index (Phi) is 3.88. The largest absolute Gasteiger partial charge is 0.481 e. The smallest absolute Gasteiger partial charge is 0.304 e. The van der Waals surface area contributed by atoms with Crippen LogP contribution in [0, 0.1) is 0 Å². The lowest BCUT2D eigenvalue weighted by Gasteiger charge is -2.30. The Labute approximate surface area is 83.1 Å². The number of rotatable bonds is 4. The number of carbonyl (C=O) groups is 2. The highest BCUT2D eigenvalue weighted by atomic mass is 16.4. The first kappa shape index (κ1) is 11.0. The molecule has 0 spiro atoms. The average molecular weight is 200 g/mol. The van der Waals surface area contributed by atoms with Crippen molar-refractivity contribution < 1.29 is 14.7 Å². The summed E-state index contributed by atoms with van der Waals surface area (Å²) in [6.45, 7) is 1.15. The van der Waals surface area contributed by atoms with Gasteiger partial charge < -0.3 is 15.3 Å². The van der Waals surface area contributed by atoms with Gasteiger partial charge in [-0.3, -0.25) is 9.59 Å². The molecular weight excluding hydrogens is 184 g/mol. The molecule has 1 rings (SSSR count). The van der Waals surface area contributed by atoms with Crippen molar-refractivity contribution in [2.45, 2.75) is 25.3 Å². The van der Waals surface area contributed by atoms with E-state index in [4.69, 9.17) is 5.11 Å². The highest BCUT2D eigenvalue weighted by molar-refractivity contribution is 5.76. The number of carboxylic acid groups (broad SMARTS) is 1. The third-order valence-electron chi connectivity index (χ3n) is 2.40. The number of likely N-dealkylation sites (N-methyl/N-ethyl adjacent to an activating group) is 1. The summed E-state index contributed by atoms with van der Waals surface area (Å²) >= 11 is 0. The molecule has 80 valence electrons. The van der Waals surface area contributed by atoms with E-state index in [1.54, 1.807) is 11.9 Å². The molecule has 1 fully saturated rings. The van der Waals surface area contributed by atoms with Crippen LogP contribution in [0.25, 0.3) is 0 Å². The zero-order valence-electron chi connectivity index (χ0n) is 8.32. The molecular formula is C9H16N2O3. The lowest BCUT2D eigenvalue weighted by atomic mass is 10.1. The maximum absolute atomic E-state index is 11.1. The fourth-order valence-electron chi connectivity index (χ4n) is 1.56. The molecule has 0 bridgehead atoms. The predicted octanol–water partition coefficient (Wildman–Crippen LogP) is -0.328. The quantitative estimate of drug-likeness (QED) is 0.652. The summed E-state index contributed by atoms with van der Waals surface area (Å²) in [5, 5.41) is 11.6. The summed E-state index contributed by atoms with van der Waals surface area (Å²) in [5.41, 5.74) is 0. The first-order chi connectivity index (χ1) is 6.59. The molecule has 1 unspecified atom stereocenters. The number of likely N-dealkylation sites (tertiary alicyclic amines) is 1. The number of hydrogen-bond donors (Lipinski definition) is 2. The van der Waals surface area contributed by atoms with E-state index in [0.717, 1.165) is 6.42 Å². The highest BCUT2D eigenvalue weighted by Gasteiger charge is 2.21. The molecule has 2 N–H and O–H groups in total. The first-order valence-electron chi connectivity index (χ1n) is 4.78. The van der Waals surface area contributed by atoms with Gasteiger partial charge in [0.05, 0.1) is 6.42 Å². The van der Waals surface area contributed by atoms with Crippen molar-refractivity contribution in [3.05, 3.63) is 0 Å². The monoisotopic (exact) mass is 200 g/mol. The second-order valence-corrected chi connectivity index (χ2v) is 3.61. The van der Waals surface area contributed by atoms with Crippen LogP contribution in [0.15, 0.2) is 0 Å². The fraction of sp³-hybridized carbons (Fsp3) is 0.778. The third kappa shape index (κ3) is 3.33. The molecule has 1 aliphatic heterocycles. The summed E-state index contributed by atoms with van der Waals surface area (Å²) < 4.78 is 0. The maximum Gasteiger partial charge on any atom is 0.304 e. The maximum atomic E-state index is 11.1. The Morgan fingerprint density at radius 2 is 2.43 bits per heavy atom. The van der Waals surface area contributed by atoms with Crippen LogP contribution in [-0.2, 0) is 9.59 Å². The van der Waals surface area contributed by atoms with Gasteiger partial charge in [-0.1, -0.05) is 0 Å². The van der Waals surface area contributed by atoms with Gasteiger partial charge in [0, 0.05) is 32.6 Å². The topological polar surface area (TPSA) is 69.6 Å². The Hall–Kier alpha value is -1.10. The van der Waals surface area contributed by atoms with Crippen LogP contribution in [0.5, 0.6) is 0 Å². The molecule has 0 aromatic heterocycles. The van der Waals surface area contributed by atoms with Crippen molar-refractivity contribution in [1.82, 2.24) is 10.2 Å². The van der Waals surface area contributed by atoms with Gasteiger partial charge in [-0.25, -0.2) is 0 Å². The minimum Gasteiger partial charge on any atom is -0.481 e. The standard InChI is InChI=1S/C9H16N2O3/c1-11-6-7(2-3-8(11)12)10-5-4-9(13)14/h7,10H,2-6H2,1H3,(H,13,14). The number of nitrogens with one attached hydrogen (secondary N) is 1. The van der Waals surface area contributed by atoms with Gasteiger partial charge in [-0.05, 0) is 6.42 Å². The number of carbonyl (C=O) groups excluding carboxylic acids is 1. The zero-order valence-corrected chi connectivity index (χ0v) is 8.32. The van der Waals surface area contributed by atoms with Crippen molar-refractivity contribution in [1.29, 1.82) is 0 Å². The minimum atomic E-state index is -0.794. The second-order valence-electron chi connectivity index (χ2n) is 3.61. The summed E-state index contributed by atoms with van der Waals surface area (Å²) in [4.78, 5) is 23.1. The van der Waals surface area contributed by atoms with Gasteiger partial charge in [0.25, 0.3) is 0 Å². The van der Waals surface area contributed by atoms with Gasteiger partial charge in [-0.15, -0.1) is 0 Å². The predicted molar refractivity (Wildman–Crippen MR) is 50.9 cm³/mol. The van der Waals surface area contributed by atoms with Crippen LogP contribution in [0.4, 0.5) is 0 Å². The molecule has 1 atom stereocenters. The number of hydrogen-bond acceptors (Lipinski definition) is 3. The Balaban J connectivity index is 2.20. The molecule has 0 aliphatic carbocycles. The fourth-order valence-corrected chi connectivity index (χ4v) is 1.56. The van der Waals surface area contributed by atoms with Crippen molar-refractivity contribution in [3.63, 3.8) is 0 Å². The minimum absolute atomic E-state index is 0.133. The van der Waals surface area contributed by atoms with Crippen LogP contribution in [-0.4, -0.2) is 48.1 Å². The first-order valence-corrected chi connectivity index (χ1v) is 4.78. The molecule has 0 aromatic rings. The lowest BCUT2D eigenvalue weighted by Crippen LogP contribution is -2.47. The van der Waals surface area contributed by atoms with Crippen LogP contribution >= 0.6 is 0 Å². The van der Waals surface area contributed by atoms with E-state index in [0.29, 0.717) is 19.5 Å². The van der Waals surface area contributed by atoms with E-state index in [1.807, 2.05) is 0 Å². The molecule has 0 aromatic carbocycles. The zero-order chi connectivity index (χ0) is 10.6. The van der Waals surface area contributed by atoms with Gasteiger partial charge in [0.2, 0.25) is 5.91 Å². The third-order valence-corrected chi connectivity index (χ3v) is 2.40. The molecule has 0 radical (unpaired) electrons. The van der Waals surface area contributed by atoms with E-state index in [1.165, 1.54) is 0 Å². The normalized spacial score (nSPS) is 22.5. The summed E-state index contributed by atoms with van der Waals surface area (Å²) in [5.74, 6) is -0.626. The summed E-state index contributed by atoms with van der Waals surface area (Å²) in [6.07, 6.45) is 1.50. The van der Waals surface area contributed by atoms with Crippen LogP contribution in [0.3, 0.4) is 0 Å². The molecule has 5 nitrogen and oxygen atoms in total. The van der Waals surface area contributed by atoms with Crippen LogP contribution in [0.2, 0.25) is 0 Å². The molecule has 1 amide bonds. The average Bonchev–Trinajstić information content (AvgIpc) is 2.10. The van der Waals surface area contributed by atoms with Gasteiger partial charge in [0.15, 0.2) is 0 Å². The Morgan fingerprint density at radius 3 is 3.00 bits per heavy atom. The van der Waals surface area contributed by atoms with E-state index < -0.39 is 5.97 Å². The van der Waals surface area contributed by atoms with E-state index in [2.05, 4.69) is 5.32 Å². The number of carboxylic acids is 1. The number of nitrogens with zero attached hydrogens (tertiary/aromatic N) is 1. The second kappa shape index (κ2) is 4.95. The van der Waals surface area contributed by atoms with Crippen molar-refractivity contribution in [3.8, 4) is 0 Å². The number of amides is 1. The number of aliphatic carboxylic acids is 1. The molecule has 0 saturated carbocycles. The molecule has 14 heavy (non-hydrogen) atoms. The van der Waals surface area contributed by atoms with Crippen LogP contribution in [0.1, 0.15) is 19.3 Å². The van der Waals surface area contributed by atoms with Gasteiger partial charge in [-0.2, -0.15) is 0 Å². The van der Waals surface area contributed by atoms with E-state index >= 15 is 0 Å². The van der Waals surface area contributed by atoms with E-state index in [9.17, 15) is 9.59 Å². The van der Waals surface area contributed by atoms with Gasteiger partial charge >= 0.3 is 5.97 Å². The molecule has 1 aliphatic rings. The highest BCUT2D eigenvalue weighted by Crippen LogP contribution is 2.09. The summed E-state index contributed by atoms with van der Waals surface area (Å²) in [6, 6.07) is 0.247. The summed E-state index contributed by atoms with van der Waals surface area (Å²) in [7, 11) is 1.77. The van der Waals surface area contributed by atoms with Crippen molar-refractivity contribution >= 4 is 11.9 Å². The molecule has 5 heteroatoms. The van der Waals surface area contributed by atoms with Crippen molar-refractivity contribution in [2.24, 2.45) is 0 Å². The van der Waals surface area contributed by atoms with Crippen LogP contribution < -0.4 is 5.32 Å². The Morgan fingerprint density at radius 1 is 1.71 bits per heavy atom. The van der Waals surface area contributed by atoms with Gasteiger partial charge in [0.1, 0.15) is 0 Å². The SMILES string of the molecule is CN1CC(NCCC(=O)O)CCC1=O.